The Labute approximate surface area is 169 Å². The number of carbonyl (C=O) groups excluding carboxylic acids is 2. The second-order valence-electron chi connectivity index (χ2n) is 6.89. The number of hydrogen-bond acceptors (Lipinski definition) is 5. The first kappa shape index (κ1) is 20.4. The van der Waals surface area contributed by atoms with Crippen LogP contribution in [0.5, 0.6) is 0 Å². The number of ether oxygens (including phenoxy) is 1. The zero-order valence-electron chi connectivity index (χ0n) is 16.3. The van der Waals surface area contributed by atoms with Crippen LogP contribution in [0.2, 0.25) is 0 Å². The summed E-state index contributed by atoms with van der Waals surface area (Å²) < 4.78 is 5.12. The fraction of sp³-hybridized carbons (Fsp3) is 0.318. The van der Waals surface area contributed by atoms with Crippen molar-refractivity contribution >= 4 is 29.2 Å². The van der Waals surface area contributed by atoms with Crippen LogP contribution in [0, 0.1) is 5.92 Å². The van der Waals surface area contributed by atoms with E-state index in [9.17, 15) is 19.5 Å². The number of amides is 1. The van der Waals surface area contributed by atoms with Crippen molar-refractivity contribution in [1.82, 2.24) is 0 Å². The Hall–Kier alpha value is -3.35. The highest BCUT2D eigenvalue weighted by atomic mass is 16.5. The number of hydrogen-bond donors (Lipinski definition) is 2. The highest BCUT2D eigenvalue weighted by molar-refractivity contribution is 6.05. The van der Waals surface area contributed by atoms with Crippen molar-refractivity contribution in [3.63, 3.8) is 0 Å². The van der Waals surface area contributed by atoms with Crippen molar-refractivity contribution in [2.24, 2.45) is 5.92 Å². The molecule has 2 aromatic rings. The van der Waals surface area contributed by atoms with Gasteiger partial charge in [-0.05, 0) is 50.1 Å². The molecule has 2 N–H and O–H groups in total. The van der Waals surface area contributed by atoms with E-state index < -0.39 is 5.97 Å². The summed E-state index contributed by atoms with van der Waals surface area (Å²) in [6.45, 7) is 3.16. The number of carboxylic acid groups (broad SMARTS) is 1. The molecule has 2 aromatic carbocycles. The van der Waals surface area contributed by atoms with Crippen molar-refractivity contribution in [1.29, 1.82) is 0 Å². The molecule has 0 spiro atoms. The van der Waals surface area contributed by atoms with Gasteiger partial charge in [-0.3, -0.25) is 9.59 Å². The molecule has 0 aromatic heterocycles. The standard InChI is InChI=1S/C22H24N2O5/c1-2-29-22(28)16-9-6-12-24(14-16)19-11-10-17(13-18(19)21(26)27)23-20(25)15-7-4-3-5-8-15/h3-5,7-8,10-11,13,16H,2,6,9,12,14H2,1H3,(H,23,25)(H,26,27). The van der Waals surface area contributed by atoms with E-state index >= 15 is 0 Å². The molecule has 1 unspecified atom stereocenters. The third-order valence-corrected chi connectivity index (χ3v) is 4.90. The Morgan fingerprint density at radius 1 is 1.17 bits per heavy atom. The van der Waals surface area contributed by atoms with Crippen LogP contribution in [0.1, 0.15) is 40.5 Å². The van der Waals surface area contributed by atoms with Crippen LogP contribution >= 0.6 is 0 Å². The Morgan fingerprint density at radius 2 is 1.93 bits per heavy atom. The number of nitrogens with one attached hydrogen (secondary N) is 1. The summed E-state index contributed by atoms with van der Waals surface area (Å²) in [5.41, 5.74) is 1.50. The number of anilines is 2. The molecule has 1 saturated heterocycles. The van der Waals surface area contributed by atoms with Gasteiger partial charge in [0.15, 0.2) is 0 Å². The maximum absolute atomic E-state index is 12.3. The van der Waals surface area contributed by atoms with Crippen LogP contribution in [-0.4, -0.2) is 42.6 Å². The lowest BCUT2D eigenvalue weighted by atomic mass is 9.96. The first-order valence-corrected chi connectivity index (χ1v) is 9.65. The molecule has 7 nitrogen and oxygen atoms in total. The Balaban J connectivity index is 1.80. The van der Waals surface area contributed by atoms with Crippen LogP contribution in [0.25, 0.3) is 0 Å². The molecule has 3 rings (SSSR count). The highest BCUT2D eigenvalue weighted by Gasteiger charge is 2.29. The van der Waals surface area contributed by atoms with E-state index in [1.807, 2.05) is 11.0 Å². The normalized spacial score (nSPS) is 16.2. The van der Waals surface area contributed by atoms with E-state index in [1.54, 1.807) is 43.3 Å². The van der Waals surface area contributed by atoms with Crippen LogP contribution in [0.3, 0.4) is 0 Å². The highest BCUT2D eigenvalue weighted by Crippen LogP contribution is 2.29. The van der Waals surface area contributed by atoms with Crippen molar-refractivity contribution in [2.75, 3.05) is 29.9 Å². The average molecular weight is 396 g/mol. The summed E-state index contributed by atoms with van der Waals surface area (Å²) in [5, 5.41) is 12.4. The quantitative estimate of drug-likeness (QED) is 0.727. The lowest BCUT2D eigenvalue weighted by Crippen LogP contribution is -2.40. The zero-order chi connectivity index (χ0) is 20.8. The van der Waals surface area contributed by atoms with Crippen LogP contribution < -0.4 is 10.2 Å². The minimum Gasteiger partial charge on any atom is -0.478 e. The van der Waals surface area contributed by atoms with Gasteiger partial charge in [-0.1, -0.05) is 18.2 Å². The molecule has 0 bridgehead atoms. The summed E-state index contributed by atoms with van der Waals surface area (Å²) in [7, 11) is 0. The molecule has 1 aliphatic rings. The van der Waals surface area contributed by atoms with Gasteiger partial charge in [0, 0.05) is 24.3 Å². The lowest BCUT2D eigenvalue weighted by Gasteiger charge is -2.34. The molecule has 152 valence electrons. The average Bonchev–Trinajstić information content (AvgIpc) is 2.74. The Kier molecular flexibility index (Phi) is 6.49. The van der Waals surface area contributed by atoms with Gasteiger partial charge in [0.05, 0.1) is 23.8 Å². The zero-order valence-corrected chi connectivity index (χ0v) is 16.3. The minimum atomic E-state index is -1.09. The van der Waals surface area contributed by atoms with Crippen molar-refractivity contribution < 1.29 is 24.2 Å². The van der Waals surface area contributed by atoms with Gasteiger partial charge in [0.25, 0.3) is 5.91 Å². The van der Waals surface area contributed by atoms with Gasteiger partial charge in [-0.15, -0.1) is 0 Å². The summed E-state index contributed by atoms with van der Waals surface area (Å²) in [5.74, 6) is -1.92. The molecule has 1 heterocycles. The van der Waals surface area contributed by atoms with E-state index in [-0.39, 0.29) is 23.4 Å². The van der Waals surface area contributed by atoms with Gasteiger partial charge in [0.1, 0.15) is 0 Å². The first-order valence-electron chi connectivity index (χ1n) is 9.65. The van der Waals surface area contributed by atoms with Crippen molar-refractivity contribution in [2.45, 2.75) is 19.8 Å². The largest absolute Gasteiger partial charge is 0.478 e. The third kappa shape index (κ3) is 4.93. The van der Waals surface area contributed by atoms with Crippen LogP contribution in [0.4, 0.5) is 11.4 Å². The Bertz CT molecular complexity index is 897. The maximum Gasteiger partial charge on any atom is 0.337 e. The summed E-state index contributed by atoms with van der Waals surface area (Å²) in [6.07, 6.45) is 1.50. The second-order valence-corrected chi connectivity index (χ2v) is 6.89. The molecule has 1 amide bonds. The number of carbonyl (C=O) groups is 3. The number of nitrogens with zero attached hydrogens (tertiary/aromatic N) is 1. The van der Waals surface area contributed by atoms with Crippen LogP contribution in [0.15, 0.2) is 48.5 Å². The second kappa shape index (κ2) is 9.23. The van der Waals surface area contributed by atoms with Gasteiger partial charge >= 0.3 is 11.9 Å². The predicted molar refractivity (Wildman–Crippen MR) is 109 cm³/mol. The van der Waals surface area contributed by atoms with Gasteiger partial charge in [-0.25, -0.2) is 4.79 Å². The summed E-state index contributed by atoms with van der Waals surface area (Å²) >= 11 is 0. The number of piperidine rings is 1. The number of carboxylic acids is 1. The lowest BCUT2D eigenvalue weighted by molar-refractivity contribution is -0.148. The molecule has 1 atom stereocenters. The van der Waals surface area contributed by atoms with E-state index in [4.69, 9.17) is 4.74 Å². The van der Waals surface area contributed by atoms with Crippen LogP contribution in [-0.2, 0) is 9.53 Å². The first-order chi connectivity index (χ1) is 14.0. The smallest absolute Gasteiger partial charge is 0.337 e. The van der Waals surface area contributed by atoms with E-state index in [0.717, 1.165) is 12.8 Å². The molecular weight excluding hydrogens is 372 g/mol. The predicted octanol–water partition coefficient (Wildman–Crippen LogP) is 3.42. The topological polar surface area (TPSA) is 95.9 Å². The molecule has 0 radical (unpaired) electrons. The number of esters is 1. The monoisotopic (exact) mass is 396 g/mol. The van der Waals surface area contributed by atoms with E-state index in [2.05, 4.69) is 5.32 Å². The van der Waals surface area contributed by atoms with E-state index in [0.29, 0.717) is 36.6 Å². The van der Waals surface area contributed by atoms with Gasteiger partial charge in [-0.2, -0.15) is 0 Å². The van der Waals surface area contributed by atoms with Gasteiger partial charge in [0.2, 0.25) is 0 Å². The van der Waals surface area contributed by atoms with Crippen molar-refractivity contribution in [3.8, 4) is 0 Å². The number of aromatic carboxylic acids is 1. The molecule has 7 heteroatoms. The van der Waals surface area contributed by atoms with E-state index in [1.165, 1.54) is 6.07 Å². The molecule has 1 fully saturated rings. The fourth-order valence-corrected chi connectivity index (χ4v) is 3.50. The van der Waals surface area contributed by atoms with Crippen molar-refractivity contribution in [3.05, 3.63) is 59.7 Å². The summed E-state index contributed by atoms with van der Waals surface area (Å²) in [4.78, 5) is 38.2. The third-order valence-electron chi connectivity index (χ3n) is 4.90. The van der Waals surface area contributed by atoms with Gasteiger partial charge < -0.3 is 20.1 Å². The SMILES string of the molecule is CCOC(=O)C1CCCN(c2ccc(NC(=O)c3ccccc3)cc2C(=O)O)C1. The summed E-state index contributed by atoms with van der Waals surface area (Å²) in [6, 6.07) is 13.5. The minimum absolute atomic E-state index is 0.0837. The number of rotatable bonds is 6. The maximum atomic E-state index is 12.3. The fourth-order valence-electron chi connectivity index (χ4n) is 3.50. The molecular formula is C22H24N2O5. The molecule has 29 heavy (non-hydrogen) atoms. The Morgan fingerprint density at radius 3 is 2.62 bits per heavy atom. The molecule has 1 aliphatic heterocycles. The number of benzene rings is 2. The molecule has 0 aliphatic carbocycles. The molecule has 0 saturated carbocycles.